The molecule has 4 heteroatoms. The Bertz CT molecular complexity index is 368. The molecule has 1 aliphatic heterocycles. The van der Waals surface area contributed by atoms with Crippen molar-refractivity contribution in [3.63, 3.8) is 0 Å². The number of esters is 1. The Morgan fingerprint density at radius 1 is 1.64 bits per heavy atom. The number of nitrogens with one attached hydrogen (secondary N) is 1. The van der Waals surface area contributed by atoms with Gasteiger partial charge in [0, 0.05) is 32.3 Å². The Morgan fingerprint density at radius 2 is 2.43 bits per heavy atom. The maximum Gasteiger partial charge on any atom is 0.354 e. The van der Waals surface area contributed by atoms with Crippen molar-refractivity contribution in [3.8, 4) is 0 Å². The third kappa shape index (κ3) is 1.32. The molecule has 0 amide bonds. The van der Waals surface area contributed by atoms with Crippen LogP contribution in [-0.4, -0.2) is 24.2 Å². The molecule has 2 heterocycles. The lowest BCUT2D eigenvalue weighted by Crippen LogP contribution is -2.24. The van der Waals surface area contributed by atoms with Crippen LogP contribution in [0.1, 0.15) is 21.7 Å². The van der Waals surface area contributed by atoms with Crippen LogP contribution in [0.15, 0.2) is 6.07 Å². The molecule has 76 valence electrons. The van der Waals surface area contributed by atoms with Gasteiger partial charge in [0.15, 0.2) is 0 Å². The van der Waals surface area contributed by atoms with Crippen molar-refractivity contribution in [2.45, 2.75) is 13.0 Å². The lowest BCUT2D eigenvalue weighted by Gasteiger charge is -2.14. The molecule has 0 saturated heterocycles. The van der Waals surface area contributed by atoms with Gasteiger partial charge in [-0.2, -0.15) is 0 Å². The fourth-order valence-electron chi connectivity index (χ4n) is 1.92. The minimum Gasteiger partial charge on any atom is -0.464 e. The smallest absolute Gasteiger partial charge is 0.354 e. The molecule has 0 atom stereocenters. The van der Waals surface area contributed by atoms with Crippen molar-refractivity contribution in [3.05, 3.63) is 23.0 Å². The molecule has 0 radical (unpaired) electrons. The van der Waals surface area contributed by atoms with Crippen molar-refractivity contribution in [2.75, 3.05) is 13.7 Å². The number of hydrogen-bond donors (Lipinski definition) is 1. The summed E-state index contributed by atoms with van der Waals surface area (Å²) in [7, 11) is 3.32. The summed E-state index contributed by atoms with van der Waals surface area (Å²) >= 11 is 0. The van der Waals surface area contributed by atoms with Gasteiger partial charge in [-0.05, 0) is 11.6 Å². The third-order valence-corrected chi connectivity index (χ3v) is 2.70. The predicted molar refractivity (Wildman–Crippen MR) is 52.2 cm³/mol. The Balaban J connectivity index is 2.43. The first-order valence-electron chi connectivity index (χ1n) is 4.70. The molecule has 1 N–H and O–H groups in total. The number of aromatic nitrogens is 1. The maximum atomic E-state index is 11.4. The van der Waals surface area contributed by atoms with E-state index >= 15 is 0 Å². The summed E-state index contributed by atoms with van der Waals surface area (Å²) in [6.45, 7) is 1.83. The van der Waals surface area contributed by atoms with Gasteiger partial charge in [0.1, 0.15) is 5.69 Å². The van der Waals surface area contributed by atoms with Gasteiger partial charge in [0.05, 0.1) is 7.11 Å². The summed E-state index contributed by atoms with van der Waals surface area (Å²) in [5.41, 5.74) is 3.09. The normalized spacial score (nSPS) is 15.0. The summed E-state index contributed by atoms with van der Waals surface area (Å²) in [6, 6.07) is 1.91. The van der Waals surface area contributed by atoms with E-state index in [2.05, 4.69) is 5.32 Å². The van der Waals surface area contributed by atoms with Crippen LogP contribution in [0.5, 0.6) is 0 Å². The minimum atomic E-state index is -0.262. The highest BCUT2D eigenvalue weighted by atomic mass is 16.5. The molecule has 0 aliphatic carbocycles. The number of carbonyl (C=O) groups excluding carboxylic acids is 1. The van der Waals surface area contributed by atoms with Crippen LogP contribution in [0, 0.1) is 0 Å². The molecule has 0 aromatic carbocycles. The molecular formula is C10H14N2O2. The second-order valence-electron chi connectivity index (χ2n) is 3.48. The Labute approximate surface area is 82.9 Å². The standard InChI is InChI=1S/C10H14N2O2/c1-12-8-3-4-11-6-7(8)5-9(12)10(13)14-2/h5,11H,3-4,6H2,1-2H3. The van der Waals surface area contributed by atoms with Gasteiger partial charge >= 0.3 is 5.97 Å². The van der Waals surface area contributed by atoms with Crippen LogP contribution in [-0.2, 0) is 24.8 Å². The lowest BCUT2D eigenvalue weighted by molar-refractivity contribution is 0.0589. The molecule has 0 bridgehead atoms. The number of nitrogens with zero attached hydrogens (tertiary/aromatic N) is 1. The summed E-state index contributed by atoms with van der Waals surface area (Å²) in [5, 5.41) is 3.27. The minimum absolute atomic E-state index is 0.262. The summed E-state index contributed by atoms with van der Waals surface area (Å²) in [4.78, 5) is 11.4. The van der Waals surface area contributed by atoms with E-state index in [0.717, 1.165) is 19.5 Å². The molecule has 0 saturated carbocycles. The van der Waals surface area contributed by atoms with Gasteiger partial charge in [-0.1, -0.05) is 0 Å². The van der Waals surface area contributed by atoms with E-state index in [9.17, 15) is 4.79 Å². The SMILES string of the molecule is COC(=O)c1cc2c(n1C)CCNC2. The van der Waals surface area contributed by atoms with Gasteiger partial charge in [-0.15, -0.1) is 0 Å². The Morgan fingerprint density at radius 3 is 3.07 bits per heavy atom. The van der Waals surface area contributed by atoms with Crippen molar-refractivity contribution >= 4 is 5.97 Å². The molecular weight excluding hydrogens is 180 g/mol. The highest BCUT2D eigenvalue weighted by molar-refractivity contribution is 5.88. The number of ether oxygens (including phenoxy) is 1. The molecule has 0 spiro atoms. The van der Waals surface area contributed by atoms with Crippen molar-refractivity contribution in [2.24, 2.45) is 7.05 Å². The molecule has 4 nitrogen and oxygen atoms in total. The van der Waals surface area contributed by atoms with Crippen LogP contribution in [0.3, 0.4) is 0 Å². The maximum absolute atomic E-state index is 11.4. The van der Waals surface area contributed by atoms with E-state index in [1.807, 2.05) is 17.7 Å². The van der Waals surface area contributed by atoms with Crippen molar-refractivity contribution in [1.29, 1.82) is 0 Å². The highest BCUT2D eigenvalue weighted by Gasteiger charge is 2.19. The first kappa shape index (κ1) is 9.27. The topological polar surface area (TPSA) is 43.3 Å². The highest BCUT2D eigenvalue weighted by Crippen LogP contribution is 2.18. The second kappa shape index (κ2) is 3.46. The van der Waals surface area contributed by atoms with Crippen LogP contribution in [0.4, 0.5) is 0 Å². The van der Waals surface area contributed by atoms with E-state index < -0.39 is 0 Å². The number of carbonyl (C=O) groups is 1. The molecule has 0 fully saturated rings. The quantitative estimate of drug-likeness (QED) is 0.660. The summed E-state index contributed by atoms with van der Waals surface area (Å²) in [5.74, 6) is -0.262. The molecule has 2 rings (SSSR count). The average Bonchev–Trinajstić information content (AvgIpc) is 2.56. The monoisotopic (exact) mass is 194 g/mol. The first-order valence-corrected chi connectivity index (χ1v) is 4.70. The zero-order valence-electron chi connectivity index (χ0n) is 8.46. The molecule has 1 aromatic heterocycles. The zero-order valence-corrected chi connectivity index (χ0v) is 8.46. The van der Waals surface area contributed by atoms with E-state index in [4.69, 9.17) is 4.74 Å². The third-order valence-electron chi connectivity index (χ3n) is 2.70. The van der Waals surface area contributed by atoms with Crippen molar-refractivity contribution in [1.82, 2.24) is 9.88 Å². The van der Waals surface area contributed by atoms with Gasteiger partial charge in [-0.3, -0.25) is 0 Å². The number of hydrogen-bond acceptors (Lipinski definition) is 3. The predicted octanol–water partition coefficient (Wildman–Crippen LogP) is 0.457. The largest absolute Gasteiger partial charge is 0.464 e. The van der Waals surface area contributed by atoms with Crippen LogP contribution < -0.4 is 5.32 Å². The number of methoxy groups -OCH3 is 1. The van der Waals surface area contributed by atoms with Crippen molar-refractivity contribution < 1.29 is 9.53 Å². The van der Waals surface area contributed by atoms with E-state index in [-0.39, 0.29) is 5.97 Å². The van der Waals surface area contributed by atoms with Gasteiger partial charge < -0.3 is 14.6 Å². The molecule has 14 heavy (non-hydrogen) atoms. The molecule has 1 aromatic rings. The summed E-state index contributed by atoms with van der Waals surface area (Å²) < 4.78 is 6.65. The Hall–Kier alpha value is -1.29. The van der Waals surface area contributed by atoms with Crippen LogP contribution in [0.2, 0.25) is 0 Å². The van der Waals surface area contributed by atoms with Crippen LogP contribution in [0.25, 0.3) is 0 Å². The van der Waals surface area contributed by atoms with E-state index in [0.29, 0.717) is 5.69 Å². The second-order valence-corrected chi connectivity index (χ2v) is 3.48. The first-order chi connectivity index (χ1) is 6.74. The number of fused-ring (bicyclic) bond motifs is 1. The fraction of sp³-hybridized carbons (Fsp3) is 0.500. The lowest BCUT2D eigenvalue weighted by atomic mass is 10.1. The molecule has 1 aliphatic rings. The van der Waals surface area contributed by atoms with Gasteiger partial charge in [-0.25, -0.2) is 4.79 Å². The summed E-state index contributed by atoms with van der Waals surface area (Å²) in [6.07, 6.45) is 0.975. The average molecular weight is 194 g/mol. The molecule has 0 unspecified atom stereocenters. The van der Waals surface area contributed by atoms with E-state index in [1.165, 1.54) is 18.4 Å². The zero-order chi connectivity index (χ0) is 10.1. The van der Waals surface area contributed by atoms with E-state index in [1.54, 1.807) is 0 Å². The van der Waals surface area contributed by atoms with Gasteiger partial charge in [0.25, 0.3) is 0 Å². The number of rotatable bonds is 1. The van der Waals surface area contributed by atoms with Gasteiger partial charge in [0.2, 0.25) is 0 Å². The van der Waals surface area contributed by atoms with Crippen LogP contribution >= 0.6 is 0 Å². The Kier molecular flexibility index (Phi) is 2.29. The fourth-order valence-corrected chi connectivity index (χ4v) is 1.92.